The number of halogens is 2. The summed E-state index contributed by atoms with van der Waals surface area (Å²) < 4.78 is 34.2. The van der Waals surface area contributed by atoms with Crippen LogP contribution in [0, 0.1) is 23.5 Å². The van der Waals surface area contributed by atoms with E-state index in [1.165, 1.54) is 13.5 Å². The van der Waals surface area contributed by atoms with Crippen molar-refractivity contribution in [2.45, 2.75) is 45.3 Å². The Hall–Kier alpha value is -2.59. The average molecular weight is 555 g/mol. The van der Waals surface area contributed by atoms with Crippen molar-refractivity contribution in [3.8, 4) is 5.75 Å². The normalized spacial score (nSPS) is 15.4. The van der Waals surface area contributed by atoms with Gasteiger partial charge in [-0.2, -0.15) is 12.6 Å². The number of nitrogens with zero attached hydrogens (tertiary/aromatic N) is 2. The molecule has 1 fully saturated rings. The van der Waals surface area contributed by atoms with Crippen LogP contribution in [0.2, 0.25) is 0 Å². The van der Waals surface area contributed by atoms with Crippen molar-refractivity contribution in [1.82, 2.24) is 10.3 Å². The lowest BCUT2D eigenvalue weighted by Gasteiger charge is -2.20. The number of aromatic nitrogens is 1. The van der Waals surface area contributed by atoms with Gasteiger partial charge in [0.05, 0.1) is 7.11 Å². The molecule has 1 heterocycles. The van der Waals surface area contributed by atoms with E-state index in [9.17, 15) is 13.6 Å². The van der Waals surface area contributed by atoms with E-state index < -0.39 is 11.6 Å². The van der Waals surface area contributed by atoms with E-state index >= 15 is 0 Å². The van der Waals surface area contributed by atoms with Crippen LogP contribution in [-0.2, 0) is 4.74 Å². The number of rotatable bonds is 11. The largest absolute Gasteiger partial charge is 0.497 e. The first-order chi connectivity index (χ1) is 18.0. The van der Waals surface area contributed by atoms with E-state index in [4.69, 9.17) is 4.74 Å². The van der Waals surface area contributed by atoms with Gasteiger partial charge >= 0.3 is 0 Å². The van der Waals surface area contributed by atoms with Crippen molar-refractivity contribution < 1.29 is 23.0 Å². The van der Waals surface area contributed by atoms with Crippen LogP contribution in [0.25, 0.3) is 0 Å². The third-order valence-corrected chi connectivity index (χ3v) is 5.64. The Morgan fingerprint density at radius 3 is 2.26 bits per heavy atom. The van der Waals surface area contributed by atoms with Gasteiger partial charge in [0, 0.05) is 64.7 Å². The summed E-state index contributed by atoms with van der Waals surface area (Å²) in [5.74, 6) is 1.98. The van der Waals surface area contributed by atoms with Crippen molar-refractivity contribution in [3.05, 3.63) is 47.5 Å². The molecule has 3 rings (SSSR count). The van der Waals surface area contributed by atoms with Crippen LogP contribution in [0.5, 0.6) is 5.75 Å². The van der Waals surface area contributed by atoms with Gasteiger partial charge in [0.15, 0.2) is 0 Å². The van der Waals surface area contributed by atoms with Crippen molar-refractivity contribution >= 4 is 30.2 Å². The third-order valence-electron chi connectivity index (χ3n) is 5.64. The summed E-state index contributed by atoms with van der Waals surface area (Å²) in [5.41, 5.74) is 0.645. The number of benzene rings is 1. The van der Waals surface area contributed by atoms with Crippen LogP contribution in [-0.4, -0.2) is 64.2 Å². The molecule has 0 bridgehead atoms. The van der Waals surface area contributed by atoms with Crippen LogP contribution in [0.15, 0.2) is 30.3 Å². The Balaban J connectivity index is 0.000000424. The minimum atomic E-state index is -0.628. The number of carbonyl (C=O) groups excluding carboxylic acids is 1. The summed E-state index contributed by atoms with van der Waals surface area (Å²) in [6, 6.07) is 6.69. The highest BCUT2D eigenvalue weighted by Gasteiger charge is 2.33. The molecule has 0 radical (unpaired) electrons. The van der Waals surface area contributed by atoms with Gasteiger partial charge in [0.25, 0.3) is 5.91 Å². The number of thiol groups is 1. The standard InChI is InChI=1S/C18H30N4O2.C7H6F2O.C3H8S/c1-13-9-15(13)12-22(3)17-11-14(10-16(19-2)21-17)18(23)20-7-5-6-8-24-4;1-10-7-3-5(8)2-6(9)4-7;1-3(2)4/h10-11,13,15H,5-9,12H2,1-4H3,(H,19,21)(H,20,23);2-4H,1H3;3-4H,1-2H3/t13-,15?;;/m0../s1. The van der Waals surface area contributed by atoms with E-state index in [1.54, 1.807) is 13.2 Å². The summed E-state index contributed by atoms with van der Waals surface area (Å²) in [4.78, 5) is 19.1. The lowest BCUT2D eigenvalue weighted by atomic mass is 10.2. The number of carbonyl (C=O) groups is 1. The zero-order chi connectivity index (χ0) is 28.7. The molecule has 10 heteroatoms. The first-order valence-corrected chi connectivity index (χ1v) is 13.4. The molecule has 214 valence electrons. The molecule has 1 aromatic heterocycles. The van der Waals surface area contributed by atoms with Crippen molar-refractivity contribution in [2.75, 3.05) is 58.2 Å². The number of hydrogen-bond donors (Lipinski definition) is 3. The maximum Gasteiger partial charge on any atom is 0.251 e. The lowest BCUT2D eigenvalue weighted by molar-refractivity contribution is 0.0951. The Kier molecular flexibility index (Phi) is 15.7. The third kappa shape index (κ3) is 13.8. The topological polar surface area (TPSA) is 75.7 Å². The van der Waals surface area contributed by atoms with E-state index in [-0.39, 0.29) is 11.7 Å². The van der Waals surface area contributed by atoms with E-state index in [0.717, 1.165) is 61.8 Å². The molecular formula is C28H44F2N4O3S. The average Bonchev–Trinajstić information content (AvgIpc) is 3.56. The second-order valence-electron chi connectivity index (χ2n) is 9.56. The van der Waals surface area contributed by atoms with Gasteiger partial charge in [0.1, 0.15) is 29.0 Å². The van der Waals surface area contributed by atoms with Crippen molar-refractivity contribution in [1.29, 1.82) is 0 Å². The highest BCUT2D eigenvalue weighted by Crippen LogP contribution is 2.38. The van der Waals surface area contributed by atoms with Gasteiger partial charge < -0.3 is 25.0 Å². The van der Waals surface area contributed by atoms with Gasteiger partial charge in [-0.1, -0.05) is 20.8 Å². The maximum atomic E-state index is 12.4. The predicted octanol–water partition coefficient (Wildman–Crippen LogP) is 5.67. The first kappa shape index (κ1) is 33.4. The molecule has 0 saturated heterocycles. The van der Waals surface area contributed by atoms with Crippen LogP contribution in [0.4, 0.5) is 20.4 Å². The second-order valence-corrected chi connectivity index (χ2v) is 10.6. The first-order valence-electron chi connectivity index (χ1n) is 12.9. The predicted molar refractivity (Wildman–Crippen MR) is 155 cm³/mol. The number of methoxy groups -OCH3 is 2. The zero-order valence-corrected chi connectivity index (χ0v) is 24.6. The molecule has 1 aliphatic rings. The van der Waals surface area contributed by atoms with E-state index in [1.807, 2.05) is 34.0 Å². The zero-order valence-electron chi connectivity index (χ0n) is 23.7. The summed E-state index contributed by atoms with van der Waals surface area (Å²) in [6.45, 7) is 8.71. The van der Waals surface area contributed by atoms with Gasteiger partial charge in [-0.15, -0.1) is 0 Å². The number of unbranched alkanes of at least 4 members (excludes halogenated alkanes) is 1. The monoisotopic (exact) mass is 554 g/mol. The van der Waals surface area contributed by atoms with Crippen molar-refractivity contribution in [2.24, 2.45) is 11.8 Å². The van der Waals surface area contributed by atoms with E-state index in [2.05, 4.69) is 44.8 Å². The smallest absolute Gasteiger partial charge is 0.251 e. The molecule has 0 aliphatic heterocycles. The number of anilines is 2. The molecule has 0 spiro atoms. The van der Waals surface area contributed by atoms with Gasteiger partial charge in [-0.3, -0.25) is 4.79 Å². The van der Waals surface area contributed by atoms with Crippen LogP contribution >= 0.6 is 12.6 Å². The Morgan fingerprint density at radius 1 is 1.16 bits per heavy atom. The van der Waals surface area contributed by atoms with Crippen LogP contribution in [0.3, 0.4) is 0 Å². The fourth-order valence-electron chi connectivity index (χ4n) is 3.39. The quantitative estimate of drug-likeness (QED) is 0.246. The summed E-state index contributed by atoms with van der Waals surface area (Å²) in [6.07, 6.45) is 3.14. The summed E-state index contributed by atoms with van der Waals surface area (Å²) in [7, 11) is 6.91. The molecule has 1 aromatic carbocycles. The minimum absolute atomic E-state index is 0.0549. The van der Waals surface area contributed by atoms with Gasteiger partial charge in [0.2, 0.25) is 0 Å². The van der Waals surface area contributed by atoms with E-state index in [0.29, 0.717) is 23.2 Å². The number of ether oxygens (including phenoxy) is 2. The number of amides is 1. The number of pyridine rings is 1. The maximum absolute atomic E-state index is 12.4. The molecule has 2 N–H and O–H groups in total. The van der Waals surface area contributed by atoms with Crippen LogP contribution < -0.4 is 20.3 Å². The van der Waals surface area contributed by atoms with Gasteiger partial charge in [-0.25, -0.2) is 13.8 Å². The number of nitrogens with one attached hydrogen (secondary N) is 2. The highest BCUT2D eigenvalue weighted by molar-refractivity contribution is 7.80. The van der Waals surface area contributed by atoms with Crippen molar-refractivity contribution in [3.63, 3.8) is 0 Å². The molecule has 7 nitrogen and oxygen atoms in total. The fourth-order valence-corrected chi connectivity index (χ4v) is 3.39. The fraction of sp³-hybridized carbons (Fsp3) is 0.571. The second kappa shape index (κ2) is 17.8. The van der Waals surface area contributed by atoms with Gasteiger partial charge in [-0.05, 0) is 48.5 Å². The summed E-state index contributed by atoms with van der Waals surface area (Å²) >= 11 is 3.97. The molecule has 38 heavy (non-hydrogen) atoms. The highest BCUT2D eigenvalue weighted by atomic mass is 32.1. The molecular weight excluding hydrogens is 510 g/mol. The van der Waals surface area contributed by atoms with Crippen LogP contribution in [0.1, 0.15) is 50.4 Å². The molecule has 2 atom stereocenters. The SMILES string of the molecule is CC(C)S.CNc1cc(C(=O)NCCCCOC)cc(N(C)CC2C[C@@H]2C)n1.COc1cc(F)cc(F)c1. The Labute approximate surface area is 232 Å². The number of hydrogen-bond acceptors (Lipinski definition) is 7. The molecule has 2 aromatic rings. The molecule has 1 amide bonds. The molecule has 1 saturated carbocycles. The Bertz CT molecular complexity index is 958. The Morgan fingerprint density at radius 2 is 1.76 bits per heavy atom. The lowest BCUT2D eigenvalue weighted by Crippen LogP contribution is -2.26. The minimum Gasteiger partial charge on any atom is -0.497 e. The molecule has 1 aliphatic carbocycles. The summed E-state index contributed by atoms with van der Waals surface area (Å²) in [5, 5.41) is 6.54. The molecule has 1 unspecified atom stereocenters.